The maximum absolute atomic E-state index is 13.0. The molecule has 0 saturated heterocycles. The molecule has 1 amide bonds. The number of benzene rings is 1. The normalized spacial score (nSPS) is 23.2. The Hall–Kier alpha value is -2.40. The Balaban J connectivity index is 1.87. The van der Waals surface area contributed by atoms with Gasteiger partial charge in [0.2, 0.25) is 0 Å². The molecule has 1 unspecified atom stereocenters. The van der Waals surface area contributed by atoms with Crippen molar-refractivity contribution < 1.29 is 19.1 Å². The first-order chi connectivity index (χ1) is 13.4. The predicted molar refractivity (Wildman–Crippen MR) is 108 cm³/mol. The number of aliphatic hydroxyl groups excluding tert-OH is 1. The van der Waals surface area contributed by atoms with Crippen LogP contribution in [-0.4, -0.2) is 28.9 Å². The Morgan fingerprint density at radius 1 is 1.25 bits per heavy atom. The molecule has 150 valence electrons. The molecule has 5 heteroatoms. The van der Waals surface area contributed by atoms with Gasteiger partial charge in [-0.15, -0.1) is 0 Å². The summed E-state index contributed by atoms with van der Waals surface area (Å²) in [5.74, 6) is 0.429. The van der Waals surface area contributed by atoms with Crippen LogP contribution in [0.5, 0.6) is 0 Å². The fourth-order valence-electron chi connectivity index (χ4n) is 3.88. The molecule has 0 spiro atoms. The second-order valence-electron chi connectivity index (χ2n) is 7.83. The first kappa shape index (κ1) is 20.3. The molecule has 3 rings (SSSR count). The number of nitrogens with one attached hydrogen (secondary N) is 1. The number of furan rings is 1. The van der Waals surface area contributed by atoms with Gasteiger partial charge in [0.05, 0.1) is 11.7 Å². The lowest BCUT2D eigenvalue weighted by Crippen LogP contribution is -2.41. The van der Waals surface area contributed by atoms with Crippen molar-refractivity contribution in [2.75, 3.05) is 0 Å². The Morgan fingerprint density at radius 2 is 1.96 bits per heavy atom. The summed E-state index contributed by atoms with van der Waals surface area (Å²) in [6, 6.07) is 11.4. The predicted octanol–water partition coefficient (Wildman–Crippen LogP) is 4.30. The van der Waals surface area contributed by atoms with E-state index in [-0.39, 0.29) is 41.4 Å². The number of amides is 1. The van der Waals surface area contributed by atoms with Gasteiger partial charge in [-0.1, -0.05) is 51.1 Å². The fraction of sp³-hybridized carbons (Fsp3) is 0.478. The molecule has 1 aliphatic carbocycles. The van der Waals surface area contributed by atoms with Crippen LogP contribution < -0.4 is 5.32 Å². The summed E-state index contributed by atoms with van der Waals surface area (Å²) in [4.78, 5) is 25.2. The van der Waals surface area contributed by atoms with E-state index in [1.165, 1.54) is 0 Å². The number of Topliss-reactive ketones (excluding diaryl/α,β-unsaturated/α-hetero) is 1. The molecule has 1 aliphatic rings. The zero-order chi connectivity index (χ0) is 20.3. The molecular formula is C23H29NO4. The summed E-state index contributed by atoms with van der Waals surface area (Å²) >= 11 is 0. The fourth-order valence-corrected chi connectivity index (χ4v) is 3.88. The highest BCUT2D eigenvalue weighted by atomic mass is 16.3. The van der Waals surface area contributed by atoms with E-state index in [9.17, 15) is 14.7 Å². The quantitative estimate of drug-likeness (QED) is 0.729. The van der Waals surface area contributed by atoms with Crippen LogP contribution in [0.15, 0.2) is 40.8 Å². The Labute approximate surface area is 166 Å². The molecule has 4 atom stereocenters. The summed E-state index contributed by atoms with van der Waals surface area (Å²) in [6.45, 7) is 5.76. The Bertz CT molecular complexity index is 826. The molecule has 1 fully saturated rings. The number of ketones is 1. The van der Waals surface area contributed by atoms with Crippen molar-refractivity contribution in [2.24, 2.45) is 5.92 Å². The van der Waals surface area contributed by atoms with E-state index in [2.05, 4.69) is 5.32 Å². The van der Waals surface area contributed by atoms with Gasteiger partial charge in [-0.05, 0) is 30.7 Å². The second kappa shape index (κ2) is 8.74. The molecule has 2 aromatic rings. The monoisotopic (exact) mass is 383 g/mol. The Morgan fingerprint density at radius 3 is 2.61 bits per heavy atom. The minimum atomic E-state index is -0.301. The highest BCUT2D eigenvalue weighted by Crippen LogP contribution is 2.31. The van der Waals surface area contributed by atoms with E-state index < -0.39 is 0 Å². The molecule has 0 bridgehead atoms. The number of hydrogen-bond donors (Lipinski definition) is 2. The molecule has 28 heavy (non-hydrogen) atoms. The average Bonchev–Trinajstić information content (AvgIpc) is 3.16. The van der Waals surface area contributed by atoms with E-state index in [0.717, 1.165) is 18.4 Å². The zero-order valence-corrected chi connectivity index (χ0v) is 16.8. The van der Waals surface area contributed by atoms with Gasteiger partial charge in [-0.3, -0.25) is 9.59 Å². The average molecular weight is 383 g/mol. The van der Waals surface area contributed by atoms with Crippen molar-refractivity contribution >= 4 is 11.7 Å². The lowest BCUT2D eigenvalue weighted by atomic mass is 9.84. The summed E-state index contributed by atoms with van der Waals surface area (Å²) in [6.07, 6.45) is 2.20. The van der Waals surface area contributed by atoms with Crippen LogP contribution in [0.2, 0.25) is 0 Å². The van der Waals surface area contributed by atoms with Crippen molar-refractivity contribution in [1.29, 1.82) is 0 Å². The van der Waals surface area contributed by atoms with Crippen LogP contribution >= 0.6 is 0 Å². The van der Waals surface area contributed by atoms with Crippen LogP contribution in [0.4, 0.5) is 0 Å². The zero-order valence-electron chi connectivity index (χ0n) is 16.8. The van der Waals surface area contributed by atoms with Crippen molar-refractivity contribution in [3.8, 4) is 0 Å². The highest BCUT2D eigenvalue weighted by molar-refractivity contribution is 6.00. The van der Waals surface area contributed by atoms with Crippen LogP contribution in [0.25, 0.3) is 0 Å². The Kier molecular flexibility index (Phi) is 6.35. The summed E-state index contributed by atoms with van der Waals surface area (Å²) in [5.41, 5.74) is 1.45. The van der Waals surface area contributed by atoms with Gasteiger partial charge in [0.25, 0.3) is 5.91 Å². The summed E-state index contributed by atoms with van der Waals surface area (Å²) in [5, 5.41) is 13.0. The van der Waals surface area contributed by atoms with Gasteiger partial charge >= 0.3 is 0 Å². The molecule has 1 heterocycles. The smallest absolute Gasteiger partial charge is 0.255 e. The number of carbonyl (C=O) groups is 2. The van der Waals surface area contributed by atoms with E-state index in [1.807, 2.05) is 44.2 Å². The van der Waals surface area contributed by atoms with Crippen molar-refractivity contribution in [1.82, 2.24) is 5.32 Å². The molecule has 1 saturated carbocycles. The first-order valence-corrected chi connectivity index (χ1v) is 10.1. The largest absolute Gasteiger partial charge is 0.456 e. The van der Waals surface area contributed by atoms with Gasteiger partial charge in [0.1, 0.15) is 5.76 Å². The van der Waals surface area contributed by atoms with Crippen molar-refractivity contribution in [3.05, 3.63) is 59.0 Å². The van der Waals surface area contributed by atoms with Crippen LogP contribution in [0, 0.1) is 5.92 Å². The van der Waals surface area contributed by atoms with Gasteiger partial charge in [0.15, 0.2) is 11.5 Å². The molecule has 5 nitrogen and oxygen atoms in total. The molecule has 0 aliphatic heterocycles. The third-order valence-electron chi connectivity index (χ3n) is 5.75. The number of aliphatic hydroxyl groups is 1. The second-order valence-corrected chi connectivity index (χ2v) is 7.83. The lowest BCUT2D eigenvalue weighted by Gasteiger charge is -2.31. The van der Waals surface area contributed by atoms with Gasteiger partial charge in [0, 0.05) is 24.4 Å². The van der Waals surface area contributed by atoms with E-state index in [4.69, 9.17) is 4.42 Å². The highest BCUT2D eigenvalue weighted by Gasteiger charge is 2.30. The summed E-state index contributed by atoms with van der Waals surface area (Å²) < 4.78 is 5.88. The van der Waals surface area contributed by atoms with Crippen molar-refractivity contribution in [3.63, 3.8) is 0 Å². The molecule has 1 aromatic carbocycles. The van der Waals surface area contributed by atoms with Crippen LogP contribution in [-0.2, 0) is 0 Å². The van der Waals surface area contributed by atoms with Gasteiger partial charge in [-0.2, -0.15) is 0 Å². The third-order valence-corrected chi connectivity index (χ3v) is 5.75. The van der Waals surface area contributed by atoms with Gasteiger partial charge in [-0.25, -0.2) is 0 Å². The molecule has 0 radical (unpaired) electrons. The van der Waals surface area contributed by atoms with E-state index in [1.54, 1.807) is 13.0 Å². The SMILES string of the molecule is CCC(=O)c1cc(C(=O)NC2CC[C@@H](O)[C@H](C)C2)c([C@@H](C)c2ccccc2)o1. The number of carbonyl (C=O) groups excluding carboxylic acids is 2. The summed E-state index contributed by atoms with van der Waals surface area (Å²) in [7, 11) is 0. The lowest BCUT2D eigenvalue weighted by molar-refractivity contribution is 0.0615. The first-order valence-electron chi connectivity index (χ1n) is 10.1. The molecule has 1 aromatic heterocycles. The van der Waals surface area contributed by atoms with Gasteiger partial charge < -0.3 is 14.8 Å². The van der Waals surface area contributed by atoms with Crippen molar-refractivity contribution in [2.45, 2.75) is 64.5 Å². The topological polar surface area (TPSA) is 79.5 Å². The van der Waals surface area contributed by atoms with Crippen LogP contribution in [0.1, 0.15) is 84.6 Å². The third kappa shape index (κ3) is 4.36. The minimum absolute atomic E-state index is 0.0195. The number of hydrogen-bond acceptors (Lipinski definition) is 4. The van der Waals surface area contributed by atoms with E-state index >= 15 is 0 Å². The molecular weight excluding hydrogens is 354 g/mol. The van der Waals surface area contributed by atoms with E-state index in [0.29, 0.717) is 24.2 Å². The maximum Gasteiger partial charge on any atom is 0.255 e. The molecule has 2 N–H and O–H groups in total. The maximum atomic E-state index is 13.0. The minimum Gasteiger partial charge on any atom is -0.456 e. The van der Waals surface area contributed by atoms with Crippen LogP contribution in [0.3, 0.4) is 0 Å². The number of rotatable bonds is 6. The standard InChI is InChI=1S/C23H29NO4/c1-4-19(25)21-13-18(22(28-21)15(3)16-8-6-5-7-9-16)23(27)24-17-10-11-20(26)14(2)12-17/h5-9,13-15,17,20,26H,4,10-12H2,1-3H3,(H,24,27)/t14-,15+,17?,20-/m1/s1.